The minimum atomic E-state index is -0.270. The number of rotatable bonds is 5. The van der Waals surface area contributed by atoms with Crippen LogP contribution < -0.4 is 10.9 Å². The maximum Gasteiger partial charge on any atom is 0.279 e. The number of hydrogen-bond acceptors (Lipinski definition) is 4. The molecule has 0 radical (unpaired) electrons. The maximum absolute atomic E-state index is 12.4. The molecule has 4 rings (SSSR count). The van der Waals surface area contributed by atoms with Crippen molar-refractivity contribution in [3.63, 3.8) is 0 Å². The van der Waals surface area contributed by atoms with E-state index in [0.29, 0.717) is 18.2 Å². The van der Waals surface area contributed by atoms with Crippen LogP contribution in [0.5, 0.6) is 0 Å². The van der Waals surface area contributed by atoms with E-state index in [0.717, 1.165) is 22.3 Å². The van der Waals surface area contributed by atoms with E-state index in [1.54, 1.807) is 0 Å². The molecule has 5 nitrogen and oxygen atoms in total. The van der Waals surface area contributed by atoms with Gasteiger partial charge in [0.25, 0.3) is 5.56 Å². The lowest BCUT2D eigenvalue weighted by atomic mass is 10.0. The van der Waals surface area contributed by atoms with Gasteiger partial charge in [-0.05, 0) is 16.7 Å². The summed E-state index contributed by atoms with van der Waals surface area (Å²) in [5, 5.41) is 11.3. The second-order valence-electron chi connectivity index (χ2n) is 6.13. The van der Waals surface area contributed by atoms with E-state index in [9.17, 15) is 4.79 Å². The fourth-order valence-electron chi connectivity index (χ4n) is 2.84. The number of hydrogen-bond donors (Lipinski definition) is 2. The monoisotopic (exact) mass is 354 g/mol. The van der Waals surface area contributed by atoms with Gasteiger partial charge in [0, 0.05) is 12.1 Å². The number of aromatic amines is 1. The number of benzene rings is 3. The third-order valence-electron chi connectivity index (χ3n) is 4.27. The first-order chi connectivity index (χ1) is 13.3. The zero-order valence-corrected chi connectivity index (χ0v) is 14.6. The third-order valence-corrected chi connectivity index (χ3v) is 4.27. The Bertz CT molecular complexity index is 1070. The Labute approximate surface area is 156 Å². The Morgan fingerprint density at radius 2 is 1.30 bits per heavy atom. The molecule has 0 saturated heterocycles. The minimum Gasteiger partial charge on any atom is -0.350 e. The molecule has 0 aliphatic rings. The fraction of sp³-hybridized carbons (Fsp3) is 0.0455. The number of nitrogens with zero attached hydrogens (tertiary/aromatic N) is 2. The molecule has 27 heavy (non-hydrogen) atoms. The molecule has 0 saturated carbocycles. The van der Waals surface area contributed by atoms with Gasteiger partial charge in [-0.15, -0.1) is 10.2 Å². The first-order valence-corrected chi connectivity index (χ1v) is 8.70. The summed E-state index contributed by atoms with van der Waals surface area (Å²) in [6, 6.07) is 27.7. The normalized spacial score (nSPS) is 10.5. The summed E-state index contributed by atoms with van der Waals surface area (Å²) in [4.78, 5) is 15.2. The number of H-pyrrole nitrogens is 1. The molecular formula is C22H18N4O. The Morgan fingerprint density at radius 1 is 0.704 bits per heavy atom. The molecule has 0 bridgehead atoms. The van der Waals surface area contributed by atoms with E-state index in [1.165, 1.54) is 0 Å². The van der Waals surface area contributed by atoms with Gasteiger partial charge in [0.15, 0.2) is 5.69 Å². The second kappa shape index (κ2) is 7.66. The number of nitrogens with one attached hydrogen (secondary N) is 2. The molecule has 0 spiro atoms. The van der Waals surface area contributed by atoms with E-state index in [2.05, 4.69) is 32.6 Å². The number of anilines is 1. The standard InChI is InChI=1S/C22H18N4O/c27-21-20(19-13-11-18(12-14-19)17-9-5-2-6-10-17)25-26-22(24-21)23-15-16-7-3-1-4-8-16/h1-14H,15H2,(H2,23,24,26,27). The molecular weight excluding hydrogens is 336 g/mol. The molecule has 1 heterocycles. The van der Waals surface area contributed by atoms with Crippen molar-refractivity contribution >= 4 is 5.95 Å². The van der Waals surface area contributed by atoms with Crippen LogP contribution in [0.15, 0.2) is 89.7 Å². The van der Waals surface area contributed by atoms with E-state index >= 15 is 0 Å². The largest absolute Gasteiger partial charge is 0.350 e. The summed E-state index contributed by atoms with van der Waals surface area (Å²) in [6.45, 7) is 0.566. The zero-order valence-electron chi connectivity index (χ0n) is 14.6. The summed E-state index contributed by atoms with van der Waals surface area (Å²) in [5.74, 6) is 0.355. The predicted molar refractivity (Wildman–Crippen MR) is 107 cm³/mol. The van der Waals surface area contributed by atoms with Crippen molar-refractivity contribution in [2.24, 2.45) is 0 Å². The van der Waals surface area contributed by atoms with Crippen molar-refractivity contribution in [2.75, 3.05) is 5.32 Å². The molecule has 0 atom stereocenters. The lowest BCUT2D eigenvalue weighted by Gasteiger charge is -2.06. The molecule has 3 aromatic carbocycles. The summed E-state index contributed by atoms with van der Waals surface area (Å²) < 4.78 is 0. The first-order valence-electron chi connectivity index (χ1n) is 8.70. The highest BCUT2D eigenvalue weighted by Crippen LogP contribution is 2.22. The van der Waals surface area contributed by atoms with E-state index in [4.69, 9.17) is 0 Å². The SMILES string of the molecule is O=c1[nH]c(NCc2ccccc2)nnc1-c1ccc(-c2ccccc2)cc1. The fourth-order valence-corrected chi connectivity index (χ4v) is 2.84. The van der Waals surface area contributed by atoms with E-state index < -0.39 is 0 Å². The Morgan fingerprint density at radius 3 is 1.96 bits per heavy atom. The molecule has 0 fully saturated rings. The van der Waals surface area contributed by atoms with Gasteiger partial charge in [-0.3, -0.25) is 9.78 Å². The summed E-state index contributed by atoms with van der Waals surface area (Å²) in [6.07, 6.45) is 0. The van der Waals surface area contributed by atoms with Gasteiger partial charge in [0.05, 0.1) is 0 Å². The van der Waals surface area contributed by atoms with Gasteiger partial charge in [-0.1, -0.05) is 84.9 Å². The van der Waals surface area contributed by atoms with Crippen LogP contribution >= 0.6 is 0 Å². The van der Waals surface area contributed by atoms with Crippen molar-refractivity contribution in [2.45, 2.75) is 6.54 Å². The smallest absolute Gasteiger partial charge is 0.279 e. The van der Waals surface area contributed by atoms with Crippen LogP contribution in [0.3, 0.4) is 0 Å². The van der Waals surface area contributed by atoms with Crippen LogP contribution in [-0.2, 0) is 6.54 Å². The molecule has 1 aromatic heterocycles. The van der Waals surface area contributed by atoms with Crippen molar-refractivity contribution in [1.82, 2.24) is 15.2 Å². The highest BCUT2D eigenvalue weighted by Gasteiger charge is 2.08. The van der Waals surface area contributed by atoms with E-state index in [-0.39, 0.29) is 5.56 Å². The third kappa shape index (κ3) is 3.93. The van der Waals surface area contributed by atoms with Crippen LogP contribution in [0.2, 0.25) is 0 Å². The molecule has 5 heteroatoms. The summed E-state index contributed by atoms with van der Waals surface area (Å²) in [5.41, 5.74) is 4.08. The van der Waals surface area contributed by atoms with Crippen molar-refractivity contribution < 1.29 is 0 Å². The van der Waals surface area contributed by atoms with Crippen LogP contribution in [0.4, 0.5) is 5.95 Å². The highest BCUT2D eigenvalue weighted by atomic mass is 16.1. The minimum absolute atomic E-state index is 0.270. The van der Waals surface area contributed by atoms with Crippen LogP contribution in [0.25, 0.3) is 22.4 Å². The van der Waals surface area contributed by atoms with Gasteiger partial charge in [-0.2, -0.15) is 0 Å². The molecule has 0 aliphatic heterocycles. The van der Waals surface area contributed by atoms with Gasteiger partial charge >= 0.3 is 0 Å². The van der Waals surface area contributed by atoms with Crippen molar-refractivity contribution in [3.8, 4) is 22.4 Å². The second-order valence-corrected chi connectivity index (χ2v) is 6.13. The Kier molecular flexibility index (Phi) is 4.74. The first kappa shape index (κ1) is 16.7. The molecule has 0 aliphatic carbocycles. The van der Waals surface area contributed by atoms with Crippen molar-refractivity contribution in [1.29, 1.82) is 0 Å². The van der Waals surface area contributed by atoms with Crippen LogP contribution in [-0.4, -0.2) is 15.2 Å². The Hall–Kier alpha value is -3.73. The van der Waals surface area contributed by atoms with Gasteiger partial charge in [0.2, 0.25) is 5.95 Å². The van der Waals surface area contributed by atoms with Crippen LogP contribution in [0.1, 0.15) is 5.56 Å². The highest BCUT2D eigenvalue weighted by molar-refractivity contribution is 5.68. The maximum atomic E-state index is 12.4. The summed E-state index contributed by atoms with van der Waals surface area (Å²) >= 11 is 0. The predicted octanol–water partition coefficient (Wildman–Crippen LogP) is 4.11. The average molecular weight is 354 g/mol. The summed E-state index contributed by atoms with van der Waals surface area (Å²) in [7, 11) is 0. The molecule has 0 amide bonds. The molecule has 2 N–H and O–H groups in total. The van der Waals surface area contributed by atoms with Crippen LogP contribution in [0, 0.1) is 0 Å². The van der Waals surface area contributed by atoms with Gasteiger partial charge in [0.1, 0.15) is 0 Å². The quantitative estimate of drug-likeness (QED) is 0.566. The lowest BCUT2D eigenvalue weighted by Crippen LogP contribution is -2.16. The average Bonchev–Trinajstić information content (AvgIpc) is 2.74. The van der Waals surface area contributed by atoms with E-state index in [1.807, 2.05) is 72.8 Å². The Balaban J connectivity index is 1.51. The zero-order chi connectivity index (χ0) is 18.5. The lowest BCUT2D eigenvalue weighted by molar-refractivity contribution is 0.931. The van der Waals surface area contributed by atoms with Gasteiger partial charge in [-0.25, -0.2) is 0 Å². The molecule has 4 aromatic rings. The topological polar surface area (TPSA) is 70.7 Å². The van der Waals surface area contributed by atoms with Crippen molar-refractivity contribution in [3.05, 3.63) is 101 Å². The molecule has 0 unspecified atom stereocenters. The number of aromatic nitrogens is 3. The molecule has 132 valence electrons. The van der Waals surface area contributed by atoms with Gasteiger partial charge < -0.3 is 5.32 Å².